The Hall–Kier alpha value is 1.67. The summed E-state index contributed by atoms with van der Waals surface area (Å²) in [5, 5.41) is 10.1. The summed E-state index contributed by atoms with van der Waals surface area (Å²) >= 11 is 0. The lowest BCUT2D eigenvalue weighted by Gasteiger charge is -1.87. The van der Waals surface area contributed by atoms with E-state index in [4.69, 9.17) is 10.3 Å². The second kappa shape index (κ2) is 7.67. The molecule has 0 aliphatic carbocycles. The second-order valence-corrected chi connectivity index (χ2v) is 7.24. The average Bonchev–Trinajstić information content (AvgIpc) is 1.69. The fourth-order valence-electron chi connectivity index (χ4n) is 0.0434. The highest BCUT2D eigenvalue weighted by Gasteiger charge is 1.84. The minimum absolute atomic E-state index is 1.23. The molecule has 44 valence electrons. The molecular weight excluding hydrogens is 188 g/mol. The zero-order chi connectivity index (χ0) is 5.54. The highest BCUT2D eigenvalue weighted by Crippen LogP contribution is 2.44. The van der Waals surface area contributed by atoms with Gasteiger partial charge in [-0.1, -0.05) is 0 Å². The first kappa shape index (κ1) is 8.67. The van der Waals surface area contributed by atoms with Crippen LogP contribution >= 0.6 is 51.4 Å². The van der Waals surface area contributed by atoms with E-state index in [1.54, 1.807) is 9.83 Å². The molecule has 0 heterocycles. The molecule has 4 N–H and O–H groups in total. The second-order valence-electron chi connectivity index (χ2n) is 0.397. The van der Waals surface area contributed by atoms with E-state index in [-0.39, 0.29) is 0 Å². The van der Waals surface area contributed by atoms with E-state index in [9.17, 15) is 0 Å². The van der Waals surface area contributed by atoms with Crippen LogP contribution in [0.1, 0.15) is 0 Å². The summed E-state index contributed by atoms with van der Waals surface area (Å²) in [5.41, 5.74) is 0. The van der Waals surface area contributed by atoms with E-state index in [1.165, 1.54) is 41.6 Å². The van der Waals surface area contributed by atoms with Crippen molar-refractivity contribution in [2.45, 2.75) is 0 Å². The van der Waals surface area contributed by atoms with Crippen molar-refractivity contribution >= 4 is 51.4 Å². The van der Waals surface area contributed by atoms with Crippen LogP contribution in [0.25, 0.3) is 0 Å². The van der Waals surface area contributed by atoms with Crippen molar-refractivity contribution in [2.75, 3.05) is 0 Å². The quantitative estimate of drug-likeness (QED) is 0.402. The van der Waals surface area contributed by atoms with Crippen molar-refractivity contribution < 1.29 is 0 Å². The SMILES string of the molecule is NSSSSSN. The third kappa shape index (κ3) is 7.67. The molecule has 7 heavy (non-hydrogen) atoms. The molecule has 0 saturated carbocycles. The van der Waals surface area contributed by atoms with E-state index >= 15 is 0 Å². The Kier molecular flexibility index (Phi) is 9.50. The van der Waals surface area contributed by atoms with Gasteiger partial charge in [-0.15, -0.1) is 0 Å². The normalized spacial score (nSPS) is 9.43. The molecule has 0 atom stereocenters. The molecule has 0 aromatic heterocycles. The maximum absolute atomic E-state index is 5.06. The van der Waals surface area contributed by atoms with Crippen LogP contribution in [0.15, 0.2) is 0 Å². The minimum atomic E-state index is 1.23. The van der Waals surface area contributed by atoms with Crippen LogP contribution in [0, 0.1) is 0 Å². The summed E-state index contributed by atoms with van der Waals surface area (Å²) in [6.07, 6.45) is 0. The summed E-state index contributed by atoms with van der Waals surface area (Å²) in [6.45, 7) is 0. The predicted molar refractivity (Wildman–Crippen MR) is 46.3 cm³/mol. The van der Waals surface area contributed by atoms with Crippen LogP contribution in [0.3, 0.4) is 0 Å². The summed E-state index contributed by atoms with van der Waals surface area (Å²) in [4.78, 5) is 0. The van der Waals surface area contributed by atoms with Crippen LogP contribution in [-0.4, -0.2) is 0 Å². The van der Waals surface area contributed by atoms with Gasteiger partial charge in [-0.3, -0.25) is 10.3 Å². The van der Waals surface area contributed by atoms with E-state index in [2.05, 4.69) is 0 Å². The Morgan fingerprint density at radius 1 is 0.714 bits per heavy atom. The summed E-state index contributed by atoms with van der Waals surface area (Å²) < 4.78 is 0. The maximum atomic E-state index is 5.06. The molecule has 0 amide bonds. The Labute approximate surface area is 61.5 Å². The molecule has 0 unspecified atom stereocenters. The van der Waals surface area contributed by atoms with Gasteiger partial charge in [-0.05, 0) is 22.0 Å². The Bertz CT molecular complexity index is 25.3. The van der Waals surface area contributed by atoms with Gasteiger partial charge in [-0.2, -0.15) is 0 Å². The van der Waals surface area contributed by atoms with E-state index in [0.717, 1.165) is 0 Å². The van der Waals surface area contributed by atoms with Crippen molar-refractivity contribution in [2.24, 2.45) is 10.3 Å². The van der Waals surface area contributed by atoms with Crippen LogP contribution in [-0.2, 0) is 0 Å². The van der Waals surface area contributed by atoms with Crippen LogP contribution in [0.5, 0.6) is 0 Å². The summed E-state index contributed by atoms with van der Waals surface area (Å²) in [6, 6.07) is 0. The molecule has 0 radical (unpaired) electrons. The number of nitrogens with two attached hydrogens (primary N) is 2. The van der Waals surface area contributed by atoms with Gasteiger partial charge in [-0.25, -0.2) is 0 Å². The topological polar surface area (TPSA) is 52.0 Å². The highest BCUT2D eigenvalue weighted by molar-refractivity contribution is 9.35. The van der Waals surface area contributed by atoms with Gasteiger partial charge in [0.15, 0.2) is 0 Å². The number of hydrogen-bond acceptors (Lipinski definition) is 7. The smallest absolute Gasteiger partial charge is 0.00386 e. The van der Waals surface area contributed by atoms with Crippen LogP contribution < -0.4 is 10.3 Å². The fraction of sp³-hybridized carbons (Fsp3) is 0. The van der Waals surface area contributed by atoms with Crippen molar-refractivity contribution in [3.05, 3.63) is 0 Å². The fourth-order valence-corrected chi connectivity index (χ4v) is 5.35. The Morgan fingerprint density at radius 2 is 1.14 bits per heavy atom. The van der Waals surface area contributed by atoms with E-state index in [0.29, 0.717) is 0 Å². The maximum Gasteiger partial charge on any atom is 0.00386 e. The van der Waals surface area contributed by atoms with Crippen LogP contribution in [0.2, 0.25) is 0 Å². The van der Waals surface area contributed by atoms with Gasteiger partial charge in [0.25, 0.3) is 0 Å². The lowest BCUT2D eigenvalue weighted by molar-refractivity contribution is 2.07. The van der Waals surface area contributed by atoms with Gasteiger partial charge in [0.2, 0.25) is 0 Å². The van der Waals surface area contributed by atoms with Gasteiger partial charge in [0.05, 0.1) is 0 Å². The monoisotopic (exact) mass is 192 g/mol. The lowest BCUT2D eigenvalue weighted by atomic mass is 14.0. The predicted octanol–water partition coefficient (Wildman–Crippen LogP) is 2.06. The average molecular weight is 192 g/mol. The third-order valence-electron chi connectivity index (χ3n) is 0.134. The first-order valence-corrected chi connectivity index (χ1v) is 7.41. The first-order valence-electron chi connectivity index (χ1n) is 1.14. The van der Waals surface area contributed by atoms with Gasteiger partial charge in [0.1, 0.15) is 0 Å². The molecule has 2 nitrogen and oxygen atoms in total. The third-order valence-corrected chi connectivity index (χ3v) is 6.62. The molecule has 0 saturated heterocycles. The Morgan fingerprint density at radius 3 is 1.43 bits per heavy atom. The van der Waals surface area contributed by atoms with Crippen molar-refractivity contribution in [1.29, 1.82) is 0 Å². The van der Waals surface area contributed by atoms with E-state index < -0.39 is 0 Å². The van der Waals surface area contributed by atoms with Crippen molar-refractivity contribution in [1.82, 2.24) is 0 Å². The number of hydrogen-bond donors (Lipinski definition) is 2. The van der Waals surface area contributed by atoms with Crippen molar-refractivity contribution in [3.8, 4) is 0 Å². The molecule has 0 aromatic rings. The molecule has 0 aliphatic heterocycles. The van der Waals surface area contributed by atoms with Gasteiger partial charge >= 0.3 is 0 Å². The summed E-state index contributed by atoms with van der Waals surface area (Å²) in [5.74, 6) is 0. The highest BCUT2D eigenvalue weighted by atomic mass is 33.8. The molecule has 0 fully saturated rings. The largest absolute Gasteiger partial charge is 0.268 e. The first-order chi connectivity index (χ1) is 3.41. The lowest BCUT2D eigenvalue weighted by Crippen LogP contribution is -1.65. The van der Waals surface area contributed by atoms with E-state index in [1.807, 2.05) is 0 Å². The molecule has 7 heteroatoms. The van der Waals surface area contributed by atoms with Crippen molar-refractivity contribution in [3.63, 3.8) is 0 Å². The van der Waals surface area contributed by atoms with Crippen LogP contribution in [0.4, 0.5) is 0 Å². The molecular formula is H4N2S5. The number of rotatable bonds is 4. The zero-order valence-corrected chi connectivity index (χ0v) is 7.28. The molecule has 0 aliphatic rings. The summed E-state index contributed by atoms with van der Waals surface area (Å²) in [7, 11) is 7.04. The zero-order valence-electron chi connectivity index (χ0n) is 3.20. The van der Waals surface area contributed by atoms with Gasteiger partial charge < -0.3 is 0 Å². The Balaban J connectivity index is 2.45. The standard InChI is InChI=1S/H4N2S5/c1-3-5-7-6-4-2/h1-2H2. The molecule has 0 rings (SSSR count). The molecule has 0 bridgehead atoms. The van der Waals surface area contributed by atoms with Gasteiger partial charge in [0, 0.05) is 29.5 Å². The minimum Gasteiger partial charge on any atom is -0.268 e. The molecule has 0 spiro atoms. The molecule has 0 aromatic carbocycles.